The van der Waals surface area contributed by atoms with Crippen molar-refractivity contribution in [1.82, 2.24) is 15.1 Å². The second-order valence-electron chi connectivity index (χ2n) is 4.44. The largest absolute Gasteiger partial charge is 0.484 e. The third-order valence-electron chi connectivity index (χ3n) is 2.61. The maximum absolute atomic E-state index is 11.7. The van der Waals surface area contributed by atoms with Gasteiger partial charge in [0.25, 0.3) is 5.91 Å². The van der Waals surface area contributed by atoms with E-state index in [0.717, 1.165) is 0 Å². The monoisotopic (exact) mass is 293 g/mol. The van der Waals surface area contributed by atoms with E-state index < -0.39 is 0 Å². The van der Waals surface area contributed by atoms with Crippen molar-refractivity contribution < 1.29 is 9.53 Å². The third kappa shape index (κ3) is 4.59. The highest BCUT2D eigenvalue weighted by Gasteiger charge is 2.08. The minimum atomic E-state index is -0.167. The van der Waals surface area contributed by atoms with Crippen LogP contribution in [-0.2, 0) is 11.3 Å². The predicted octanol–water partition coefficient (Wildman–Crippen LogP) is 2.12. The zero-order valence-electron chi connectivity index (χ0n) is 11.1. The molecule has 6 heteroatoms. The fourth-order valence-electron chi connectivity index (χ4n) is 1.73. The fourth-order valence-corrected chi connectivity index (χ4v) is 1.86. The lowest BCUT2D eigenvalue weighted by molar-refractivity contribution is -0.123. The van der Waals surface area contributed by atoms with Gasteiger partial charge in [-0.2, -0.15) is 5.10 Å². The predicted molar refractivity (Wildman–Crippen MR) is 76.8 cm³/mol. The molecule has 0 radical (unpaired) electrons. The minimum absolute atomic E-state index is 0.0174. The van der Waals surface area contributed by atoms with Gasteiger partial charge < -0.3 is 10.1 Å². The number of hydrogen-bond acceptors (Lipinski definition) is 3. The number of halogens is 1. The molecule has 5 nitrogen and oxygen atoms in total. The summed E-state index contributed by atoms with van der Waals surface area (Å²) in [6.07, 6.45) is 3.56. The summed E-state index contributed by atoms with van der Waals surface area (Å²) in [5.74, 6) is 0.448. The van der Waals surface area contributed by atoms with E-state index in [-0.39, 0.29) is 18.6 Å². The summed E-state index contributed by atoms with van der Waals surface area (Å²) < 4.78 is 7.13. The van der Waals surface area contributed by atoms with Crippen LogP contribution in [0, 0.1) is 0 Å². The molecular formula is C14H16ClN3O2. The molecule has 0 bridgehead atoms. The first-order chi connectivity index (χ1) is 9.63. The minimum Gasteiger partial charge on any atom is -0.484 e. The molecule has 1 aromatic heterocycles. The third-order valence-corrected chi connectivity index (χ3v) is 2.86. The number of carbonyl (C=O) groups is 1. The summed E-state index contributed by atoms with van der Waals surface area (Å²) in [7, 11) is 0. The van der Waals surface area contributed by atoms with Gasteiger partial charge in [0.1, 0.15) is 5.75 Å². The Morgan fingerprint density at radius 1 is 1.45 bits per heavy atom. The molecule has 1 amide bonds. The van der Waals surface area contributed by atoms with Crippen molar-refractivity contribution in [3.63, 3.8) is 0 Å². The number of nitrogens with zero attached hydrogens (tertiary/aromatic N) is 2. The Bertz CT molecular complexity index is 540. The van der Waals surface area contributed by atoms with E-state index in [0.29, 0.717) is 17.3 Å². The first-order valence-corrected chi connectivity index (χ1v) is 6.66. The number of carbonyl (C=O) groups excluding carboxylic acids is 1. The van der Waals surface area contributed by atoms with Gasteiger partial charge in [0.2, 0.25) is 0 Å². The van der Waals surface area contributed by atoms with Gasteiger partial charge in [-0.1, -0.05) is 11.6 Å². The zero-order chi connectivity index (χ0) is 14.4. The van der Waals surface area contributed by atoms with Crippen LogP contribution in [0.25, 0.3) is 0 Å². The summed E-state index contributed by atoms with van der Waals surface area (Å²) in [5.41, 5.74) is 0. The van der Waals surface area contributed by atoms with E-state index in [1.54, 1.807) is 35.1 Å². The molecule has 0 fully saturated rings. The zero-order valence-corrected chi connectivity index (χ0v) is 11.9. The molecule has 0 aliphatic heterocycles. The highest BCUT2D eigenvalue weighted by molar-refractivity contribution is 6.30. The molecule has 2 rings (SSSR count). The van der Waals surface area contributed by atoms with Crippen LogP contribution in [0.15, 0.2) is 42.7 Å². The molecule has 0 spiro atoms. The Morgan fingerprint density at radius 2 is 2.20 bits per heavy atom. The maximum Gasteiger partial charge on any atom is 0.258 e. The molecule has 0 aliphatic rings. The number of amides is 1. The molecule has 2 aromatic rings. The highest BCUT2D eigenvalue weighted by atomic mass is 35.5. The van der Waals surface area contributed by atoms with Gasteiger partial charge in [-0.15, -0.1) is 0 Å². The van der Waals surface area contributed by atoms with E-state index in [2.05, 4.69) is 10.4 Å². The molecule has 1 aromatic carbocycles. The lowest BCUT2D eigenvalue weighted by Gasteiger charge is -2.14. The summed E-state index contributed by atoms with van der Waals surface area (Å²) in [6.45, 7) is 2.52. The molecule has 20 heavy (non-hydrogen) atoms. The molecule has 1 unspecified atom stereocenters. The van der Waals surface area contributed by atoms with Crippen LogP contribution in [0.2, 0.25) is 5.02 Å². The summed E-state index contributed by atoms with van der Waals surface area (Å²) in [6, 6.07) is 8.71. The molecular weight excluding hydrogens is 278 g/mol. The van der Waals surface area contributed by atoms with Gasteiger partial charge in [0.15, 0.2) is 6.61 Å². The number of hydrogen-bond donors (Lipinski definition) is 1. The average Bonchev–Trinajstić information content (AvgIpc) is 2.90. The van der Waals surface area contributed by atoms with Crippen LogP contribution < -0.4 is 10.1 Å². The topological polar surface area (TPSA) is 56.2 Å². The Hall–Kier alpha value is -2.01. The van der Waals surface area contributed by atoms with Gasteiger partial charge in [0, 0.05) is 23.5 Å². The number of benzene rings is 1. The van der Waals surface area contributed by atoms with Crippen molar-refractivity contribution in [3.05, 3.63) is 47.7 Å². The molecule has 1 heterocycles. The van der Waals surface area contributed by atoms with Crippen molar-refractivity contribution in [1.29, 1.82) is 0 Å². The van der Waals surface area contributed by atoms with Crippen molar-refractivity contribution in [2.75, 3.05) is 6.61 Å². The van der Waals surface area contributed by atoms with Crippen LogP contribution in [-0.4, -0.2) is 28.3 Å². The lowest BCUT2D eigenvalue weighted by Crippen LogP contribution is -2.38. The van der Waals surface area contributed by atoms with Gasteiger partial charge in [0.05, 0.1) is 6.54 Å². The molecule has 0 saturated carbocycles. The average molecular weight is 294 g/mol. The molecule has 1 N–H and O–H groups in total. The molecule has 0 saturated heterocycles. The second-order valence-corrected chi connectivity index (χ2v) is 4.88. The van der Waals surface area contributed by atoms with Gasteiger partial charge in [-0.25, -0.2) is 0 Å². The smallest absolute Gasteiger partial charge is 0.258 e. The highest BCUT2D eigenvalue weighted by Crippen LogP contribution is 2.15. The number of aromatic nitrogens is 2. The number of nitrogens with one attached hydrogen (secondary N) is 1. The van der Waals surface area contributed by atoms with Crippen LogP contribution in [0.1, 0.15) is 6.92 Å². The summed E-state index contributed by atoms with van der Waals surface area (Å²) in [5, 5.41) is 7.57. The first-order valence-electron chi connectivity index (χ1n) is 6.28. The van der Waals surface area contributed by atoms with E-state index in [1.807, 2.05) is 19.2 Å². The lowest BCUT2D eigenvalue weighted by atomic mass is 10.3. The number of ether oxygens (including phenoxy) is 1. The summed E-state index contributed by atoms with van der Waals surface area (Å²) in [4.78, 5) is 11.7. The molecule has 0 aliphatic carbocycles. The van der Waals surface area contributed by atoms with Crippen molar-refractivity contribution in [2.45, 2.75) is 19.5 Å². The van der Waals surface area contributed by atoms with Crippen molar-refractivity contribution in [3.8, 4) is 5.75 Å². The number of rotatable bonds is 6. The Labute approximate surface area is 122 Å². The normalized spacial score (nSPS) is 11.9. The summed E-state index contributed by atoms with van der Waals surface area (Å²) >= 11 is 5.77. The Balaban J connectivity index is 1.73. The fraction of sp³-hybridized carbons (Fsp3) is 0.286. The van der Waals surface area contributed by atoms with Crippen molar-refractivity contribution in [2.24, 2.45) is 0 Å². The second kappa shape index (κ2) is 6.96. The molecule has 1 atom stereocenters. The van der Waals surface area contributed by atoms with E-state index in [4.69, 9.17) is 16.3 Å². The van der Waals surface area contributed by atoms with Gasteiger partial charge in [-0.3, -0.25) is 9.48 Å². The van der Waals surface area contributed by atoms with Crippen molar-refractivity contribution >= 4 is 17.5 Å². The van der Waals surface area contributed by atoms with Crippen LogP contribution in [0.3, 0.4) is 0 Å². The van der Waals surface area contributed by atoms with Gasteiger partial charge >= 0.3 is 0 Å². The first kappa shape index (κ1) is 14.4. The van der Waals surface area contributed by atoms with E-state index in [1.165, 1.54) is 0 Å². The van der Waals surface area contributed by atoms with E-state index >= 15 is 0 Å². The quantitative estimate of drug-likeness (QED) is 0.887. The molecule has 106 valence electrons. The SMILES string of the molecule is CC(Cn1cccn1)NC(=O)COc1ccc(Cl)cc1. The maximum atomic E-state index is 11.7. The van der Waals surface area contributed by atoms with E-state index in [9.17, 15) is 4.79 Å². The van der Waals surface area contributed by atoms with Crippen LogP contribution >= 0.6 is 11.6 Å². The Morgan fingerprint density at radius 3 is 2.85 bits per heavy atom. The standard InChI is InChI=1S/C14H16ClN3O2/c1-11(9-18-8-2-7-16-18)17-14(19)10-20-13-5-3-12(15)4-6-13/h2-8,11H,9-10H2,1H3,(H,17,19). The van der Waals surface area contributed by atoms with Crippen LogP contribution in [0.5, 0.6) is 5.75 Å². The van der Waals surface area contributed by atoms with Crippen LogP contribution in [0.4, 0.5) is 0 Å². The van der Waals surface area contributed by atoms with Gasteiger partial charge in [-0.05, 0) is 37.3 Å². The Kier molecular flexibility index (Phi) is 5.01.